The molecule has 0 fully saturated rings. The first-order valence-corrected chi connectivity index (χ1v) is 14.0. The SMILES string of the molecule is CCCc1ccc(-c2nn(-c3ccccc3C)c3c2CCc2nc(CC(=O)CCCN(C)C)sc2-3)cn1. The van der Waals surface area contributed by atoms with Gasteiger partial charge in [0, 0.05) is 29.4 Å². The average molecular weight is 514 g/mol. The summed E-state index contributed by atoms with van der Waals surface area (Å²) in [4.78, 5) is 25.6. The summed E-state index contributed by atoms with van der Waals surface area (Å²) in [6, 6.07) is 12.6. The lowest BCUT2D eigenvalue weighted by Gasteiger charge is -2.15. The Kier molecular flexibility index (Phi) is 7.63. The Morgan fingerprint density at radius 3 is 2.70 bits per heavy atom. The Hall–Kier alpha value is -3.16. The van der Waals surface area contributed by atoms with E-state index >= 15 is 0 Å². The summed E-state index contributed by atoms with van der Waals surface area (Å²) in [5, 5.41) is 6.09. The molecule has 0 unspecified atom stereocenters. The molecule has 192 valence electrons. The Morgan fingerprint density at radius 1 is 1.14 bits per heavy atom. The van der Waals surface area contributed by atoms with Crippen molar-refractivity contribution in [2.24, 2.45) is 0 Å². The standard InChI is InChI=1S/C30H35N5OS/c1-5-9-22-14-13-21(19-31-22)28-24-15-16-25-30(29(24)35(33-28)26-12-7-6-10-20(26)2)37-27(32-25)18-23(36)11-8-17-34(3)4/h6-7,10,12-14,19H,5,8-9,11,15-18H2,1-4H3. The molecule has 0 saturated heterocycles. The van der Waals surface area contributed by atoms with Crippen molar-refractivity contribution in [2.45, 2.75) is 58.8 Å². The van der Waals surface area contributed by atoms with Crippen molar-refractivity contribution in [2.75, 3.05) is 20.6 Å². The van der Waals surface area contributed by atoms with E-state index in [0.717, 1.165) is 82.6 Å². The Morgan fingerprint density at radius 2 is 1.97 bits per heavy atom. The molecule has 1 aliphatic carbocycles. The normalized spacial score (nSPS) is 12.6. The van der Waals surface area contributed by atoms with Crippen LogP contribution in [-0.2, 0) is 30.5 Å². The van der Waals surface area contributed by atoms with Crippen LogP contribution in [0.15, 0.2) is 42.6 Å². The van der Waals surface area contributed by atoms with Crippen molar-refractivity contribution in [1.82, 2.24) is 24.6 Å². The van der Waals surface area contributed by atoms with E-state index in [2.05, 4.69) is 59.8 Å². The van der Waals surface area contributed by atoms with Gasteiger partial charge < -0.3 is 4.90 Å². The van der Waals surface area contributed by atoms with Crippen LogP contribution in [0.1, 0.15) is 53.7 Å². The Balaban J connectivity index is 1.54. The number of benzene rings is 1. The van der Waals surface area contributed by atoms with Crippen LogP contribution in [0.2, 0.25) is 0 Å². The largest absolute Gasteiger partial charge is 0.309 e. The van der Waals surface area contributed by atoms with Gasteiger partial charge in [0.2, 0.25) is 0 Å². The second-order valence-corrected chi connectivity index (χ2v) is 11.3. The number of ketones is 1. The summed E-state index contributed by atoms with van der Waals surface area (Å²) < 4.78 is 2.10. The predicted molar refractivity (Wildman–Crippen MR) is 151 cm³/mol. The minimum atomic E-state index is 0.263. The molecule has 0 saturated carbocycles. The molecular weight excluding hydrogens is 478 g/mol. The number of rotatable bonds is 10. The van der Waals surface area contributed by atoms with Gasteiger partial charge in [-0.25, -0.2) is 9.67 Å². The topological polar surface area (TPSA) is 63.9 Å². The van der Waals surface area contributed by atoms with Crippen molar-refractivity contribution in [3.05, 3.63) is 70.1 Å². The number of aryl methyl sites for hydroxylation is 3. The number of fused-ring (bicyclic) bond motifs is 3. The summed E-state index contributed by atoms with van der Waals surface area (Å²) in [5.74, 6) is 0.263. The molecule has 0 atom stereocenters. The number of aromatic nitrogens is 4. The van der Waals surface area contributed by atoms with Crippen molar-refractivity contribution in [3.63, 3.8) is 0 Å². The molecule has 3 aromatic heterocycles. The van der Waals surface area contributed by atoms with Crippen LogP contribution in [0.3, 0.4) is 0 Å². The highest BCUT2D eigenvalue weighted by atomic mass is 32.1. The molecule has 0 aliphatic heterocycles. The molecule has 37 heavy (non-hydrogen) atoms. The number of hydrogen-bond acceptors (Lipinski definition) is 6. The van der Waals surface area contributed by atoms with Crippen molar-refractivity contribution in [1.29, 1.82) is 0 Å². The van der Waals surface area contributed by atoms with Crippen LogP contribution < -0.4 is 0 Å². The van der Waals surface area contributed by atoms with Gasteiger partial charge in [0.25, 0.3) is 0 Å². The highest BCUT2D eigenvalue weighted by molar-refractivity contribution is 7.15. The number of para-hydroxylation sites is 1. The number of hydrogen-bond donors (Lipinski definition) is 0. The van der Waals surface area contributed by atoms with E-state index < -0.39 is 0 Å². The number of nitrogens with zero attached hydrogens (tertiary/aromatic N) is 5. The molecule has 3 heterocycles. The zero-order valence-electron chi connectivity index (χ0n) is 22.3. The smallest absolute Gasteiger partial charge is 0.139 e. The van der Waals surface area contributed by atoms with Gasteiger partial charge >= 0.3 is 0 Å². The van der Waals surface area contributed by atoms with Crippen LogP contribution >= 0.6 is 11.3 Å². The maximum Gasteiger partial charge on any atom is 0.139 e. The molecule has 1 aromatic carbocycles. The molecule has 6 nitrogen and oxygen atoms in total. The Bertz CT molecular complexity index is 1400. The van der Waals surface area contributed by atoms with E-state index in [1.54, 1.807) is 11.3 Å². The van der Waals surface area contributed by atoms with E-state index in [9.17, 15) is 4.79 Å². The lowest BCUT2D eigenvalue weighted by molar-refractivity contribution is -0.118. The lowest BCUT2D eigenvalue weighted by atomic mass is 9.95. The van der Waals surface area contributed by atoms with Gasteiger partial charge in [0.15, 0.2) is 0 Å². The second-order valence-electron chi connectivity index (χ2n) is 10.2. The van der Waals surface area contributed by atoms with E-state index in [1.165, 1.54) is 11.1 Å². The molecule has 1 aliphatic rings. The summed E-state index contributed by atoms with van der Waals surface area (Å²) in [6.45, 7) is 5.22. The quantitative estimate of drug-likeness (QED) is 0.265. The van der Waals surface area contributed by atoms with Gasteiger partial charge in [-0.15, -0.1) is 11.3 Å². The lowest BCUT2D eigenvalue weighted by Crippen LogP contribution is -2.14. The van der Waals surface area contributed by atoms with Crippen LogP contribution in [0.4, 0.5) is 0 Å². The van der Waals surface area contributed by atoms with E-state index in [1.807, 2.05) is 20.3 Å². The van der Waals surface area contributed by atoms with E-state index in [0.29, 0.717) is 12.8 Å². The van der Waals surface area contributed by atoms with Gasteiger partial charge in [-0.1, -0.05) is 31.5 Å². The number of carbonyl (C=O) groups is 1. The number of pyridine rings is 1. The number of thiazole rings is 1. The maximum absolute atomic E-state index is 12.7. The van der Waals surface area contributed by atoms with Crippen LogP contribution in [0, 0.1) is 6.92 Å². The summed E-state index contributed by atoms with van der Waals surface area (Å²) in [6.07, 6.45) is 7.66. The van der Waals surface area contributed by atoms with Crippen LogP contribution in [0.5, 0.6) is 0 Å². The first-order valence-electron chi connectivity index (χ1n) is 13.2. The molecule has 4 aromatic rings. The Labute approximate surface area is 223 Å². The zero-order valence-corrected chi connectivity index (χ0v) is 23.1. The van der Waals surface area contributed by atoms with Gasteiger partial charge in [-0.3, -0.25) is 9.78 Å². The minimum Gasteiger partial charge on any atom is -0.309 e. The molecule has 0 bridgehead atoms. The van der Waals surface area contributed by atoms with Crippen molar-refractivity contribution < 1.29 is 4.79 Å². The summed E-state index contributed by atoms with van der Waals surface area (Å²) in [5.41, 5.74) is 8.85. The van der Waals surface area contributed by atoms with Gasteiger partial charge in [-0.2, -0.15) is 5.10 Å². The van der Waals surface area contributed by atoms with Gasteiger partial charge in [0.05, 0.1) is 34.1 Å². The van der Waals surface area contributed by atoms with Crippen molar-refractivity contribution in [3.8, 4) is 27.5 Å². The highest BCUT2D eigenvalue weighted by Gasteiger charge is 2.30. The first-order chi connectivity index (χ1) is 17.9. The molecule has 0 amide bonds. The number of Topliss-reactive ketones (excluding diaryl/α,β-unsaturated/α-hetero) is 1. The van der Waals surface area contributed by atoms with Crippen LogP contribution in [-0.4, -0.2) is 51.1 Å². The monoisotopic (exact) mass is 513 g/mol. The van der Waals surface area contributed by atoms with Gasteiger partial charge in [0.1, 0.15) is 10.8 Å². The predicted octanol–water partition coefficient (Wildman–Crippen LogP) is 5.87. The van der Waals surface area contributed by atoms with Gasteiger partial charge in [-0.05, 0) is 77.0 Å². The molecule has 7 heteroatoms. The molecule has 0 radical (unpaired) electrons. The fourth-order valence-corrected chi connectivity index (χ4v) is 6.22. The fraction of sp³-hybridized carbons (Fsp3) is 0.400. The third kappa shape index (κ3) is 5.43. The van der Waals surface area contributed by atoms with Crippen LogP contribution in [0.25, 0.3) is 27.5 Å². The fourth-order valence-electron chi connectivity index (χ4n) is 5.02. The average Bonchev–Trinajstić information content (AvgIpc) is 3.46. The zero-order chi connectivity index (χ0) is 25.9. The third-order valence-electron chi connectivity index (χ3n) is 6.91. The molecule has 0 spiro atoms. The second kappa shape index (κ2) is 11.1. The highest BCUT2D eigenvalue weighted by Crippen LogP contribution is 2.43. The first kappa shape index (κ1) is 25.5. The summed E-state index contributed by atoms with van der Waals surface area (Å²) in [7, 11) is 4.08. The third-order valence-corrected chi connectivity index (χ3v) is 8.01. The van der Waals surface area contributed by atoms with E-state index in [-0.39, 0.29) is 5.78 Å². The summed E-state index contributed by atoms with van der Waals surface area (Å²) >= 11 is 1.66. The molecular formula is C30H35N5OS. The maximum atomic E-state index is 12.7. The van der Waals surface area contributed by atoms with Crippen molar-refractivity contribution >= 4 is 17.1 Å². The number of carbonyl (C=O) groups excluding carboxylic acids is 1. The minimum absolute atomic E-state index is 0.263. The molecule has 0 N–H and O–H groups in total. The van der Waals surface area contributed by atoms with E-state index in [4.69, 9.17) is 15.1 Å². The molecule has 5 rings (SSSR count).